The van der Waals surface area contributed by atoms with Crippen molar-refractivity contribution in [3.05, 3.63) is 35.9 Å². The largest absolute Gasteiger partial charge is 0.505 e. The summed E-state index contributed by atoms with van der Waals surface area (Å²) in [4.78, 5) is 10.5. The summed E-state index contributed by atoms with van der Waals surface area (Å²) in [6, 6.07) is 8.78. The molecule has 3 rings (SSSR count). The molecule has 0 aliphatic rings. The minimum absolute atomic E-state index is 0.187. The number of hydrogen-bond acceptors (Lipinski definition) is 7. The SMILES string of the molecule is Nc1cc(N)c(O)c(C(=O)O)c1O.c1ccc2n[nH]nc2c1. The van der Waals surface area contributed by atoms with E-state index < -0.39 is 23.0 Å². The van der Waals surface area contributed by atoms with Crippen molar-refractivity contribution in [2.24, 2.45) is 0 Å². The first-order valence-corrected chi connectivity index (χ1v) is 6.00. The maximum absolute atomic E-state index is 10.5. The number of anilines is 2. The summed E-state index contributed by atoms with van der Waals surface area (Å²) in [6.07, 6.45) is 0. The summed E-state index contributed by atoms with van der Waals surface area (Å²) < 4.78 is 0. The van der Waals surface area contributed by atoms with E-state index in [2.05, 4.69) is 15.4 Å². The van der Waals surface area contributed by atoms with Crippen molar-refractivity contribution in [3.63, 3.8) is 0 Å². The number of benzene rings is 2. The molecule has 0 radical (unpaired) electrons. The summed E-state index contributed by atoms with van der Waals surface area (Å²) >= 11 is 0. The number of H-pyrrole nitrogens is 1. The number of aromatic nitrogens is 3. The maximum atomic E-state index is 10.5. The van der Waals surface area contributed by atoms with Crippen LogP contribution in [0.15, 0.2) is 30.3 Å². The minimum atomic E-state index is -1.49. The fourth-order valence-corrected chi connectivity index (χ4v) is 1.69. The number of nitrogens with two attached hydrogens (primary N) is 2. The monoisotopic (exact) mass is 303 g/mol. The summed E-state index contributed by atoms with van der Waals surface area (Å²) in [5, 5.41) is 37.2. The van der Waals surface area contributed by atoms with E-state index in [1.807, 2.05) is 24.3 Å². The lowest BCUT2D eigenvalue weighted by atomic mass is 10.1. The van der Waals surface area contributed by atoms with Crippen LogP contribution in [0.25, 0.3) is 11.0 Å². The van der Waals surface area contributed by atoms with E-state index in [0.29, 0.717) is 0 Å². The van der Waals surface area contributed by atoms with Gasteiger partial charge in [-0.15, -0.1) is 0 Å². The van der Waals surface area contributed by atoms with E-state index >= 15 is 0 Å². The van der Waals surface area contributed by atoms with E-state index in [-0.39, 0.29) is 11.4 Å². The number of aromatic hydroxyl groups is 2. The van der Waals surface area contributed by atoms with Crippen molar-refractivity contribution in [1.82, 2.24) is 15.4 Å². The molecule has 9 nitrogen and oxygen atoms in total. The van der Waals surface area contributed by atoms with Gasteiger partial charge in [-0.2, -0.15) is 15.4 Å². The molecule has 2 aromatic carbocycles. The Morgan fingerprint density at radius 2 is 1.45 bits per heavy atom. The number of phenols is 2. The molecule has 1 heterocycles. The van der Waals surface area contributed by atoms with Crippen LogP contribution < -0.4 is 11.5 Å². The number of nitrogens with zero attached hydrogens (tertiary/aromatic N) is 2. The second-order valence-corrected chi connectivity index (χ2v) is 4.24. The quantitative estimate of drug-likeness (QED) is 0.219. The molecule has 0 aliphatic heterocycles. The van der Waals surface area contributed by atoms with Crippen molar-refractivity contribution in [3.8, 4) is 11.5 Å². The first-order valence-electron chi connectivity index (χ1n) is 6.00. The van der Waals surface area contributed by atoms with Crippen molar-refractivity contribution < 1.29 is 20.1 Å². The molecule has 0 aliphatic carbocycles. The summed E-state index contributed by atoms with van der Waals surface area (Å²) in [7, 11) is 0. The van der Waals surface area contributed by atoms with Crippen LogP contribution in [0, 0.1) is 0 Å². The minimum Gasteiger partial charge on any atom is -0.505 e. The van der Waals surface area contributed by atoms with Crippen LogP contribution in [-0.2, 0) is 0 Å². The zero-order valence-electron chi connectivity index (χ0n) is 11.2. The Morgan fingerprint density at radius 3 is 1.86 bits per heavy atom. The molecule has 0 saturated heterocycles. The van der Waals surface area contributed by atoms with E-state index in [0.717, 1.165) is 17.1 Å². The highest BCUT2D eigenvalue weighted by Gasteiger charge is 2.20. The molecule has 0 atom stereocenters. The number of carboxylic acids is 1. The van der Waals surface area contributed by atoms with E-state index in [1.54, 1.807) is 0 Å². The van der Waals surface area contributed by atoms with Gasteiger partial charge in [0.2, 0.25) is 0 Å². The fourth-order valence-electron chi connectivity index (χ4n) is 1.69. The van der Waals surface area contributed by atoms with Gasteiger partial charge in [0.25, 0.3) is 0 Å². The molecule has 8 N–H and O–H groups in total. The lowest BCUT2D eigenvalue weighted by Crippen LogP contribution is -2.02. The molecule has 0 fully saturated rings. The molecule has 1 aromatic heterocycles. The van der Waals surface area contributed by atoms with Gasteiger partial charge < -0.3 is 26.8 Å². The number of rotatable bonds is 1. The summed E-state index contributed by atoms with van der Waals surface area (Å²) in [5.74, 6) is -2.85. The second kappa shape index (κ2) is 5.87. The molecule has 0 spiro atoms. The zero-order chi connectivity index (χ0) is 16.3. The highest BCUT2D eigenvalue weighted by molar-refractivity contribution is 5.98. The second-order valence-electron chi connectivity index (χ2n) is 4.24. The van der Waals surface area contributed by atoms with Gasteiger partial charge >= 0.3 is 5.97 Å². The number of carbonyl (C=O) groups is 1. The van der Waals surface area contributed by atoms with E-state index in [4.69, 9.17) is 26.8 Å². The first kappa shape index (κ1) is 14.9. The highest BCUT2D eigenvalue weighted by Crippen LogP contribution is 2.37. The third kappa shape index (κ3) is 2.82. The standard InChI is InChI=1S/C7H8N2O4.C6H5N3/c8-2-1-3(9)6(11)4(5(2)10)7(12)13;1-2-4-6-5(3-1)7-9-8-6/h1,10-11H,8-9H2,(H,12,13);1-4H,(H,7,8,9). The summed E-state index contributed by atoms with van der Waals surface area (Å²) in [5.41, 5.74) is 11.2. The average Bonchev–Trinajstić information content (AvgIpc) is 2.94. The van der Waals surface area contributed by atoms with Gasteiger partial charge in [-0.25, -0.2) is 4.79 Å². The van der Waals surface area contributed by atoms with E-state index in [9.17, 15) is 4.79 Å². The van der Waals surface area contributed by atoms with Crippen LogP contribution >= 0.6 is 0 Å². The van der Waals surface area contributed by atoms with Crippen LogP contribution in [0.4, 0.5) is 11.4 Å². The molecular weight excluding hydrogens is 290 g/mol. The molecule has 0 saturated carbocycles. The van der Waals surface area contributed by atoms with Crippen LogP contribution in [0.1, 0.15) is 10.4 Å². The van der Waals surface area contributed by atoms with Crippen molar-refractivity contribution in [2.45, 2.75) is 0 Å². The smallest absolute Gasteiger partial charge is 0.343 e. The third-order valence-corrected chi connectivity index (χ3v) is 2.77. The van der Waals surface area contributed by atoms with Gasteiger partial charge in [0.15, 0.2) is 11.5 Å². The number of fused-ring (bicyclic) bond motifs is 1. The number of para-hydroxylation sites is 2. The topological polar surface area (TPSA) is 171 Å². The fraction of sp³-hybridized carbons (Fsp3) is 0. The predicted octanol–water partition coefficient (Wildman–Crippen LogP) is 0.918. The molecule has 0 bridgehead atoms. The summed E-state index contributed by atoms with van der Waals surface area (Å²) in [6.45, 7) is 0. The number of nitrogen functional groups attached to an aromatic ring is 2. The first-order chi connectivity index (χ1) is 10.4. The van der Waals surface area contributed by atoms with Crippen LogP contribution in [0.2, 0.25) is 0 Å². The third-order valence-electron chi connectivity index (χ3n) is 2.77. The van der Waals surface area contributed by atoms with Gasteiger partial charge in [0.05, 0.1) is 11.4 Å². The van der Waals surface area contributed by atoms with Gasteiger partial charge in [-0.3, -0.25) is 0 Å². The highest BCUT2D eigenvalue weighted by atomic mass is 16.4. The zero-order valence-corrected chi connectivity index (χ0v) is 11.2. The Hall–Kier alpha value is -3.49. The number of nitrogens with one attached hydrogen (secondary N) is 1. The Balaban J connectivity index is 0.000000170. The Labute approximate surface area is 123 Å². The molecule has 3 aromatic rings. The van der Waals surface area contributed by atoms with Crippen molar-refractivity contribution in [2.75, 3.05) is 11.5 Å². The molecule has 0 amide bonds. The van der Waals surface area contributed by atoms with Gasteiger partial charge in [0, 0.05) is 0 Å². The molecule has 22 heavy (non-hydrogen) atoms. The maximum Gasteiger partial charge on any atom is 0.343 e. The lowest BCUT2D eigenvalue weighted by molar-refractivity contribution is 0.0690. The Morgan fingerprint density at radius 1 is 1.00 bits per heavy atom. The average molecular weight is 303 g/mol. The predicted molar refractivity (Wildman–Crippen MR) is 79.4 cm³/mol. The molecule has 114 valence electrons. The van der Waals surface area contributed by atoms with Crippen LogP contribution in [0.5, 0.6) is 11.5 Å². The van der Waals surface area contributed by atoms with Crippen molar-refractivity contribution >= 4 is 28.4 Å². The molecule has 0 unspecified atom stereocenters. The normalized spacial score (nSPS) is 10.0. The Bertz CT molecular complexity index is 774. The number of aromatic carboxylic acids is 1. The molecule has 9 heteroatoms. The molecular formula is C13H13N5O4. The van der Waals surface area contributed by atoms with Gasteiger partial charge in [0.1, 0.15) is 16.6 Å². The number of carboxylic acid groups (broad SMARTS) is 1. The van der Waals surface area contributed by atoms with Gasteiger partial charge in [-0.05, 0) is 18.2 Å². The lowest BCUT2D eigenvalue weighted by Gasteiger charge is -2.07. The van der Waals surface area contributed by atoms with Crippen molar-refractivity contribution in [1.29, 1.82) is 0 Å². The van der Waals surface area contributed by atoms with Crippen LogP contribution in [0.3, 0.4) is 0 Å². The number of hydrogen-bond donors (Lipinski definition) is 6. The van der Waals surface area contributed by atoms with Gasteiger partial charge in [-0.1, -0.05) is 12.1 Å². The number of aromatic amines is 1. The van der Waals surface area contributed by atoms with E-state index in [1.165, 1.54) is 0 Å². The Kier molecular flexibility index (Phi) is 3.98. The van der Waals surface area contributed by atoms with Crippen LogP contribution in [-0.4, -0.2) is 36.7 Å².